The zero-order valence-electron chi connectivity index (χ0n) is 24.3. The Hall–Kier alpha value is -3.94. The molecule has 1 aliphatic carbocycles. The monoisotopic (exact) mass is 609 g/mol. The maximum absolute atomic E-state index is 11.7. The second-order valence-corrected chi connectivity index (χ2v) is 11.9. The second-order valence-electron chi connectivity index (χ2n) is 11.4. The van der Waals surface area contributed by atoms with Crippen molar-refractivity contribution in [2.75, 3.05) is 26.3 Å². The van der Waals surface area contributed by atoms with Gasteiger partial charge in [0.1, 0.15) is 6.04 Å². The molecule has 3 aliphatic rings. The third-order valence-electron chi connectivity index (χ3n) is 8.31. The van der Waals surface area contributed by atoms with Gasteiger partial charge in [-0.15, -0.1) is 0 Å². The molecule has 0 amide bonds. The summed E-state index contributed by atoms with van der Waals surface area (Å²) in [5, 5.41) is 11.9. The number of nitrogens with one attached hydrogen (secondary N) is 2. The quantitative estimate of drug-likeness (QED) is 0.266. The largest absolute Gasteiger partial charge is 0.439 e. The van der Waals surface area contributed by atoms with E-state index in [1.807, 2.05) is 18.2 Å². The van der Waals surface area contributed by atoms with Crippen LogP contribution >= 0.6 is 11.6 Å². The van der Waals surface area contributed by atoms with Crippen molar-refractivity contribution < 1.29 is 13.8 Å². The van der Waals surface area contributed by atoms with Crippen molar-refractivity contribution in [1.82, 2.24) is 35.4 Å². The third-order valence-corrected chi connectivity index (χ3v) is 8.55. The molecular weight excluding hydrogens is 574 g/mol. The number of nitrogens with zero attached hydrogens (tertiary/aromatic N) is 6. The first-order valence-electron chi connectivity index (χ1n) is 14.5. The van der Waals surface area contributed by atoms with E-state index < -0.39 is 5.76 Å². The number of hydrogen-bond acceptors (Lipinski definition) is 11. The highest BCUT2D eigenvalue weighted by molar-refractivity contribution is 6.30. The molecule has 14 heteroatoms. The second kappa shape index (κ2) is 12.3. The van der Waals surface area contributed by atoms with Gasteiger partial charge in [-0.25, -0.2) is 14.7 Å². The highest BCUT2D eigenvalue weighted by Crippen LogP contribution is 2.39. The Morgan fingerprint density at radius 2 is 2.05 bits per heavy atom. The number of benzene rings is 1. The van der Waals surface area contributed by atoms with E-state index in [1.165, 1.54) is 12.8 Å². The number of aromatic amines is 1. The third kappa shape index (κ3) is 6.24. The summed E-state index contributed by atoms with van der Waals surface area (Å²) in [6.45, 7) is 10.9. The molecule has 2 aromatic heterocycles. The van der Waals surface area contributed by atoms with Crippen LogP contribution in [0, 0.1) is 18.8 Å². The molecule has 0 spiro atoms. The molecular formula is C29H36ClN9O4. The average Bonchev–Trinajstić information content (AvgIpc) is 3.71. The SMILES string of the molecule is C=C1N[C@@H](N2CCOC[C@H]2c2nc(C)no2)N(C[C@H]2CC[C@H](C)CC2)/C1=C(/N=C(\N)c1noc(=O)[nH]1)c1cccc(Cl)c1. The van der Waals surface area contributed by atoms with E-state index in [0.29, 0.717) is 59.7 Å². The van der Waals surface area contributed by atoms with Crippen molar-refractivity contribution in [2.45, 2.75) is 51.9 Å². The van der Waals surface area contributed by atoms with Crippen LogP contribution < -0.4 is 16.8 Å². The predicted molar refractivity (Wildman–Crippen MR) is 159 cm³/mol. The molecule has 4 heterocycles. The first-order valence-corrected chi connectivity index (χ1v) is 14.9. The van der Waals surface area contributed by atoms with Gasteiger partial charge in [0, 0.05) is 23.7 Å². The van der Waals surface area contributed by atoms with Gasteiger partial charge in [-0.05, 0) is 43.7 Å². The van der Waals surface area contributed by atoms with Crippen LogP contribution in [0.2, 0.25) is 5.02 Å². The van der Waals surface area contributed by atoms with Crippen molar-refractivity contribution in [3.05, 3.63) is 80.9 Å². The Kier molecular flexibility index (Phi) is 8.37. The number of aromatic nitrogens is 4. The zero-order chi connectivity index (χ0) is 30.1. The normalized spacial score (nSPS) is 26.5. The summed E-state index contributed by atoms with van der Waals surface area (Å²) in [6, 6.07) is 7.12. The summed E-state index contributed by atoms with van der Waals surface area (Å²) >= 11 is 6.46. The summed E-state index contributed by atoms with van der Waals surface area (Å²) in [7, 11) is 0. The standard InChI is InChI=1S/C29H36ClN9O4/c1-16-7-9-19(10-8-16)14-39-24(17(2)32-28(39)38-11-12-41-15-22(38)27-33-18(3)36-42-27)23(20-5-4-6-21(30)13-20)34-25(31)26-35-29(40)43-37-26/h4-6,13,16,19,22,28,32H,2,7-12,14-15H2,1,3H3,(H2,31,34)(H,35,37,40)/b24-23+/t16-,19-,22-,28-/m0/s1. The number of nitrogens with two attached hydrogens (primary N) is 1. The summed E-state index contributed by atoms with van der Waals surface area (Å²) in [5.41, 5.74) is 9.09. The van der Waals surface area contributed by atoms with Crippen LogP contribution in [0.25, 0.3) is 5.70 Å². The minimum absolute atomic E-state index is 0.0124. The lowest BCUT2D eigenvalue weighted by molar-refractivity contribution is -0.0756. The number of H-pyrrole nitrogens is 1. The minimum Gasteiger partial charge on any atom is -0.380 e. The molecule has 1 saturated carbocycles. The minimum atomic E-state index is -0.722. The maximum atomic E-state index is 11.7. The van der Waals surface area contributed by atoms with Crippen LogP contribution in [0.5, 0.6) is 0 Å². The predicted octanol–water partition coefficient (Wildman–Crippen LogP) is 3.38. The number of ether oxygens (including phenoxy) is 1. The lowest BCUT2D eigenvalue weighted by Gasteiger charge is -2.43. The van der Waals surface area contributed by atoms with Crippen LogP contribution in [0.15, 0.2) is 61.1 Å². The van der Waals surface area contributed by atoms with E-state index >= 15 is 0 Å². The fourth-order valence-electron chi connectivity index (χ4n) is 6.09. The van der Waals surface area contributed by atoms with Crippen molar-refractivity contribution in [2.24, 2.45) is 22.6 Å². The Balaban J connectivity index is 1.48. The Morgan fingerprint density at radius 3 is 2.74 bits per heavy atom. The van der Waals surface area contributed by atoms with E-state index in [9.17, 15) is 4.79 Å². The molecule has 1 aromatic carbocycles. The zero-order valence-corrected chi connectivity index (χ0v) is 25.0. The number of aliphatic imine (C=N–C) groups is 1. The molecule has 6 rings (SSSR count). The first-order chi connectivity index (χ1) is 20.8. The summed E-state index contributed by atoms with van der Waals surface area (Å²) in [5.74, 6) is 1.54. The lowest BCUT2D eigenvalue weighted by atomic mass is 9.82. The Morgan fingerprint density at radius 1 is 1.23 bits per heavy atom. The fourth-order valence-corrected chi connectivity index (χ4v) is 6.28. The van der Waals surface area contributed by atoms with Crippen molar-refractivity contribution in [3.8, 4) is 0 Å². The van der Waals surface area contributed by atoms with Gasteiger partial charge < -0.3 is 25.2 Å². The van der Waals surface area contributed by atoms with E-state index in [-0.39, 0.29) is 24.0 Å². The van der Waals surface area contributed by atoms with Crippen molar-refractivity contribution in [3.63, 3.8) is 0 Å². The fraction of sp³-hybridized carbons (Fsp3) is 0.483. The van der Waals surface area contributed by atoms with E-state index in [1.54, 1.807) is 13.0 Å². The molecule has 43 heavy (non-hydrogen) atoms. The maximum Gasteiger partial charge on any atom is 0.439 e. The number of halogens is 1. The lowest BCUT2D eigenvalue weighted by Crippen LogP contribution is -2.56. The summed E-state index contributed by atoms with van der Waals surface area (Å²) in [4.78, 5) is 28.1. The van der Waals surface area contributed by atoms with E-state index in [2.05, 4.69) is 53.4 Å². The van der Waals surface area contributed by atoms with Crippen LogP contribution in [0.1, 0.15) is 61.8 Å². The number of hydrogen-bond donors (Lipinski definition) is 3. The molecule has 0 radical (unpaired) electrons. The molecule has 3 fully saturated rings. The Bertz CT molecular complexity index is 1590. The van der Waals surface area contributed by atoms with Gasteiger partial charge in [0.2, 0.25) is 11.7 Å². The molecule has 3 aromatic rings. The number of rotatable bonds is 7. The Labute approximate surface area is 253 Å². The van der Waals surface area contributed by atoms with Gasteiger partial charge in [0.15, 0.2) is 17.9 Å². The smallest absolute Gasteiger partial charge is 0.380 e. The summed E-state index contributed by atoms with van der Waals surface area (Å²) in [6.07, 6.45) is 4.31. The molecule has 4 N–H and O–H groups in total. The van der Waals surface area contributed by atoms with Gasteiger partial charge in [0.05, 0.1) is 30.3 Å². The van der Waals surface area contributed by atoms with Gasteiger partial charge in [-0.3, -0.25) is 9.51 Å². The number of amidine groups is 1. The topological polar surface area (TPSA) is 164 Å². The van der Waals surface area contributed by atoms with Gasteiger partial charge >= 0.3 is 5.76 Å². The van der Waals surface area contributed by atoms with Gasteiger partial charge in [-0.2, -0.15) is 4.98 Å². The molecule has 2 aliphatic heterocycles. The van der Waals surface area contributed by atoms with Gasteiger partial charge in [0.25, 0.3) is 0 Å². The molecule has 13 nitrogen and oxygen atoms in total. The number of morpholine rings is 1. The highest BCUT2D eigenvalue weighted by Gasteiger charge is 2.43. The molecule has 0 unspecified atom stereocenters. The van der Waals surface area contributed by atoms with Crippen LogP contribution in [0.4, 0.5) is 0 Å². The van der Waals surface area contributed by atoms with E-state index in [4.69, 9.17) is 31.6 Å². The van der Waals surface area contributed by atoms with Crippen LogP contribution in [-0.2, 0) is 4.74 Å². The van der Waals surface area contributed by atoms with Gasteiger partial charge in [-0.1, -0.05) is 60.4 Å². The molecule has 228 valence electrons. The molecule has 0 bridgehead atoms. The first kappa shape index (κ1) is 29.1. The van der Waals surface area contributed by atoms with Crippen molar-refractivity contribution >= 4 is 23.1 Å². The molecule has 2 saturated heterocycles. The highest BCUT2D eigenvalue weighted by atomic mass is 35.5. The average molecular weight is 610 g/mol. The van der Waals surface area contributed by atoms with Crippen LogP contribution in [-0.4, -0.2) is 68.5 Å². The van der Waals surface area contributed by atoms with Crippen molar-refractivity contribution in [1.29, 1.82) is 0 Å². The molecule has 2 atom stereocenters. The van der Waals surface area contributed by atoms with Crippen LogP contribution in [0.3, 0.4) is 0 Å². The number of aryl methyl sites for hydroxylation is 1. The van der Waals surface area contributed by atoms with E-state index in [0.717, 1.165) is 30.6 Å². The summed E-state index contributed by atoms with van der Waals surface area (Å²) < 4.78 is 16.2.